The van der Waals surface area contributed by atoms with Gasteiger partial charge in [-0.2, -0.15) is 0 Å². The molecule has 0 aliphatic rings. The molecule has 1 atom stereocenters. The van der Waals surface area contributed by atoms with Gasteiger partial charge in [0.2, 0.25) is 0 Å². The minimum atomic E-state index is -0.262. The average molecular weight is 332 g/mol. The quantitative estimate of drug-likeness (QED) is 0.667. The predicted octanol–water partition coefficient (Wildman–Crippen LogP) is 3.26. The molecule has 0 saturated heterocycles. The Labute approximate surface area is 118 Å². The van der Waals surface area contributed by atoms with Crippen LogP contribution in [0.2, 0.25) is 5.02 Å². The number of hydrazine groups is 1. The monoisotopic (exact) mass is 330 g/mol. The summed E-state index contributed by atoms with van der Waals surface area (Å²) in [5, 5.41) is 0.553. The summed E-state index contributed by atoms with van der Waals surface area (Å²) >= 11 is 9.25. The molecule has 1 unspecified atom stereocenters. The molecule has 0 bridgehead atoms. The summed E-state index contributed by atoms with van der Waals surface area (Å²) in [6.07, 6.45) is 0. The molecular formula is C12H12BrClN2O2. The molecule has 1 aromatic heterocycles. The number of ether oxygens (including phenoxy) is 1. The van der Waals surface area contributed by atoms with Gasteiger partial charge in [0.05, 0.1) is 12.1 Å². The fourth-order valence-corrected chi connectivity index (χ4v) is 2.20. The minimum absolute atomic E-state index is 0.262. The second-order valence-electron chi connectivity index (χ2n) is 3.64. The maximum Gasteiger partial charge on any atom is 0.169 e. The summed E-state index contributed by atoms with van der Waals surface area (Å²) in [4.78, 5) is 0. The summed E-state index contributed by atoms with van der Waals surface area (Å²) in [7, 11) is 1.57. The molecule has 0 fully saturated rings. The highest BCUT2D eigenvalue weighted by Crippen LogP contribution is 2.31. The van der Waals surface area contributed by atoms with E-state index in [4.69, 9.17) is 26.6 Å². The van der Waals surface area contributed by atoms with Gasteiger partial charge in [0.25, 0.3) is 0 Å². The largest absolute Gasteiger partial charge is 0.495 e. The summed E-state index contributed by atoms with van der Waals surface area (Å²) in [6, 6.07) is 8.85. The van der Waals surface area contributed by atoms with Crippen LogP contribution in [0.1, 0.15) is 17.4 Å². The van der Waals surface area contributed by atoms with Crippen molar-refractivity contribution in [2.24, 2.45) is 5.84 Å². The van der Waals surface area contributed by atoms with E-state index in [-0.39, 0.29) is 6.04 Å². The fourth-order valence-electron chi connectivity index (χ4n) is 1.68. The summed E-state index contributed by atoms with van der Waals surface area (Å²) in [5.41, 5.74) is 3.61. The Morgan fingerprint density at radius 2 is 2.17 bits per heavy atom. The van der Waals surface area contributed by atoms with Gasteiger partial charge in [-0.1, -0.05) is 17.7 Å². The zero-order valence-corrected chi connectivity index (χ0v) is 12.0. The second-order valence-corrected chi connectivity index (χ2v) is 4.82. The average Bonchev–Trinajstić information content (AvgIpc) is 2.79. The lowest BCUT2D eigenvalue weighted by Gasteiger charge is -2.15. The molecule has 2 rings (SSSR count). The van der Waals surface area contributed by atoms with Gasteiger partial charge in [0, 0.05) is 0 Å². The first kappa shape index (κ1) is 13.4. The van der Waals surface area contributed by atoms with Crippen LogP contribution in [0.5, 0.6) is 5.75 Å². The van der Waals surface area contributed by atoms with Crippen LogP contribution in [-0.2, 0) is 0 Å². The van der Waals surface area contributed by atoms with Gasteiger partial charge in [0.15, 0.2) is 4.67 Å². The zero-order valence-electron chi connectivity index (χ0n) is 9.61. The van der Waals surface area contributed by atoms with Crippen LogP contribution in [0.4, 0.5) is 0 Å². The third-order valence-electron chi connectivity index (χ3n) is 2.55. The van der Waals surface area contributed by atoms with Crippen LogP contribution >= 0.6 is 27.5 Å². The molecule has 0 aliphatic carbocycles. The molecule has 3 N–H and O–H groups in total. The first-order valence-corrected chi connectivity index (χ1v) is 6.37. The first-order chi connectivity index (χ1) is 8.65. The maximum absolute atomic E-state index is 5.99. The van der Waals surface area contributed by atoms with E-state index < -0.39 is 0 Å². The Morgan fingerprint density at radius 3 is 2.72 bits per heavy atom. The molecule has 0 spiro atoms. The molecule has 4 nitrogen and oxygen atoms in total. The smallest absolute Gasteiger partial charge is 0.169 e. The Bertz CT molecular complexity index is 545. The number of furan rings is 1. The van der Waals surface area contributed by atoms with Gasteiger partial charge >= 0.3 is 0 Å². The number of benzene rings is 1. The van der Waals surface area contributed by atoms with Crippen molar-refractivity contribution in [3.8, 4) is 5.75 Å². The SMILES string of the molecule is COc1cc(C(NN)c2ccc(Br)o2)ccc1Cl. The molecule has 6 heteroatoms. The van der Waals surface area contributed by atoms with Crippen molar-refractivity contribution >= 4 is 27.5 Å². The van der Waals surface area contributed by atoms with E-state index in [0.29, 0.717) is 21.2 Å². The lowest BCUT2D eigenvalue weighted by atomic mass is 10.1. The molecule has 0 amide bonds. The van der Waals surface area contributed by atoms with Gasteiger partial charge in [0.1, 0.15) is 17.6 Å². The molecule has 0 saturated carbocycles. The van der Waals surface area contributed by atoms with E-state index in [1.165, 1.54) is 0 Å². The Kier molecular flexibility index (Phi) is 4.29. The molecule has 1 heterocycles. The number of hydrogen-bond donors (Lipinski definition) is 2. The highest BCUT2D eigenvalue weighted by molar-refractivity contribution is 9.10. The van der Waals surface area contributed by atoms with E-state index in [9.17, 15) is 0 Å². The van der Waals surface area contributed by atoms with Crippen molar-refractivity contribution in [2.75, 3.05) is 7.11 Å². The molecule has 0 radical (unpaired) electrons. The fraction of sp³-hybridized carbons (Fsp3) is 0.167. The third kappa shape index (κ3) is 2.70. The van der Waals surface area contributed by atoms with Crippen LogP contribution < -0.4 is 16.0 Å². The van der Waals surface area contributed by atoms with E-state index >= 15 is 0 Å². The standard InChI is InChI=1S/C12H12BrClN2O2/c1-17-10-6-7(2-3-8(10)14)12(16-15)9-4-5-11(13)18-9/h2-6,12,16H,15H2,1H3. The first-order valence-electron chi connectivity index (χ1n) is 5.20. The van der Waals surface area contributed by atoms with Crippen LogP contribution in [-0.4, -0.2) is 7.11 Å². The van der Waals surface area contributed by atoms with Gasteiger partial charge in [-0.3, -0.25) is 5.84 Å². The van der Waals surface area contributed by atoms with Gasteiger partial charge in [-0.15, -0.1) is 0 Å². The molecule has 1 aromatic carbocycles. The summed E-state index contributed by atoms with van der Waals surface area (Å²) in [5.74, 6) is 6.88. The summed E-state index contributed by atoms with van der Waals surface area (Å²) < 4.78 is 11.3. The number of nitrogens with two attached hydrogens (primary N) is 1. The lowest BCUT2D eigenvalue weighted by Crippen LogP contribution is -2.28. The number of nitrogens with one attached hydrogen (secondary N) is 1. The Morgan fingerprint density at radius 1 is 1.39 bits per heavy atom. The molecule has 18 heavy (non-hydrogen) atoms. The van der Waals surface area contributed by atoms with Crippen LogP contribution in [0, 0.1) is 0 Å². The van der Waals surface area contributed by atoms with Crippen LogP contribution in [0.15, 0.2) is 39.4 Å². The number of hydrogen-bond acceptors (Lipinski definition) is 4. The van der Waals surface area contributed by atoms with E-state index in [1.807, 2.05) is 24.3 Å². The highest BCUT2D eigenvalue weighted by atomic mass is 79.9. The van der Waals surface area contributed by atoms with Gasteiger partial charge < -0.3 is 9.15 Å². The van der Waals surface area contributed by atoms with E-state index in [2.05, 4.69) is 21.4 Å². The van der Waals surface area contributed by atoms with Crippen molar-refractivity contribution in [1.82, 2.24) is 5.43 Å². The number of halogens is 2. The molecule has 0 aliphatic heterocycles. The third-order valence-corrected chi connectivity index (χ3v) is 3.29. The molecule has 2 aromatic rings. The van der Waals surface area contributed by atoms with Crippen molar-refractivity contribution in [1.29, 1.82) is 0 Å². The number of rotatable bonds is 4. The Hall–Kier alpha value is -1.01. The van der Waals surface area contributed by atoms with Crippen molar-refractivity contribution in [3.05, 3.63) is 51.3 Å². The van der Waals surface area contributed by atoms with Crippen LogP contribution in [0.25, 0.3) is 0 Å². The highest BCUT2D eigenvalue weighted by Gasteiger charge is 2.17. The van der Waals surface area contributed by atoms with Crippen molar-refractivity contribution in [3.63, 3.8) is 0 Å². The summed E-state index contributed by atoms with van der Waals surface area (Å²) in [6.45, 7) is 0. The van der Waals surface area contributed by atoms with Gasteiger partial charge in [-0.05, 0) is 45.8 Å². The van der Waals surface area contributed by atoms with Gasteiger partial charge in [-0.25, -0.2) is 5.43 Å². The Balaban J connectivity index is 2.38. The topological polar surface area (TPSA) is 60.4 Å². The minimum Gasteiger partial charge on any atom is -0.495 e. The molecular weight excluding hydrogens is 320 g/mol. The van der Waals surface area contributed by atoms with Crippen molar-refractivity contribution < 1.29 is 9.15 Å². The normalized spacial score (nSPS) is 12.4. The molecule has 96 valence electrons. The zero-order chi connectivity index (χ0) is 13.1. The van der Waals surface area contributed by atoms with E-state index in [0.717, 1.165) is 5.56 Å². The number of methoxy groups -OCH3 is 1. The maximum atomic E-state index is 5.99. The lowest BCUT2D eigenvalue weighted by molar-refractivity contribution is 0.411. The van der Waals surface area contributed by atoms with E-state index in [1.54, 1.807) is 13.2 Å². The predicted molar refractivity (Wildman–Crippen MR) is 73.6 cm³/mol. The van der Waals surface area contributed by atoms with Crippen molar-refractivity contribution in [2.45, 2.75) is 6.04 Å². The second kappa shape index (κ2) is 5.75. The van der Waals surface area contributed by atoms with Crippen LogP contribution in [0.3, 0.4) is 0 Å².